The van der Waals surface area contributed by atoms with Crippen LogP contribution >= 0.6 is 7.82 Å². The molecule has 0 amide bonds. The van der Waals surface area contributed by atoms with Gasteiger partial charge in [0.15, 0.2) is 0 Å². The van der Waals surface area contributed by atoms with Crippen LogP contribution in [0.3, 0.4) is 0 Å². The second kappa shape index (κ2) is 34.2. The normalized spacial score (nSPS) is 14.2. The lowest BCUT2D eigenvalue weighted by atomic mass is 10.1. The summed E-state index contributed by atoms with van der Waals surface area (Å²) in [6.07, 6.45) is 32.9. The van der Waals surface area contributed by atoms with E-state index in [1.165, 1.54) is 109 Å². The Morgan fingerprint density at radius 3 is 1.58 bits per heavy atom. The molecule has 0 aliphatic heterocycles. The van der Waals surface area contributed by atoms with E-state index in [4.69, 9.17) is 24.8 Å². The molecule has 4 N–H and O–H groups in total. The number of unbranched alkanes of at least 4 members (excludes halogenated alkanes) is 21. The molecule has 284 valence electrons. The summed E-state index contributed by atoms with van der Waals surface area (Å²) < 4.78 is 33.1. The van der Waals surface area contributed by atoms with E-state index in [1.807, 2.05) is 0 Å². The summed E-state index contributed by atoms with van der Waals surface area (Å²) in [6, 6.07) is -1.47. The Hall–Kier alpha value is -1.29. The fourth-order valence-electron chi connectivity index (χ4n) is 5.24. The van der Waals surface area contributed by atoms with Gasteiger partial charge < -0.3 is 25.2 Å². The zero-order valence-electron chi connectivity index (χ0n) is 30.6. The van der Waals surface area contributed by atoms with Crippen molar-refractivity contribution in [1.29, 1.82) is 0 Å². The first-order valence-electron chi connectivity index (χ1n) is 19.2. The lowest BCUT2D eigenvalue weighted by Crippen LogP contribution is -2.34. The number of phosphoric acid groups is 1. The van der Waals surface area contributed by atoms with Crippen molar-refractivity contribution >= 4 is 19.8 Å². The number of rotatable bonds is 37. The lowest BCUT2D eigenvalue weighted by molar-refractivity contribution is -0.154. The Kier molecular flexibility index (Phi) is 33.3. The first kappa shape index (κ1) is 46.7. The monoisotopic (exact) mass is 705 g/mol. The number of ether oxygens (including phenoxy) is 2. The van der Waals surface area contributed by atoms with Gasteiger partial charge in [-0.15, -0.1) is 0 Å². The van der Waals surface area contributed by atoms with Crippen molar-refractivity contribution in [3.63, 3.8) is 0 Å². The molecular formula is C37H72NO9P. The predicted octanol–water partition coefficient (Wildman–Crippen LogP) is 9.81. The Morgan fingerprint density at radius 2 is 1.08 bits per heavy atom. The van der Waals surface area contributed by atoms with Gasteiger partial charge in [0.1, 0.15) is 12.1 Å². The van der Waals surface area contributed by atoms with Gasteiger partial charge in [0.05, 0.1) is 19.8 Å². The van der Waals surface area contributed by atoms with Crippen molar-refractivity contribution in [2.75, 3.05) is 26.4 Å². The van der Waals surface area contributed by atoms with Crippen molar-refractivity contribution in [1.82, 2.24) is 0 Å². The molecule has 0 saturated carbocycles. The smallest absolute Gasteiger partial charge is 0.472 e. The molecule has 0 aliphatic carbocycles. The quantitative estimate of drug-likeness (QED) is 0.0246. The van der Waals surface area contributed by atoms with Crippen LogP contribution < -0.4 is 5.73 Å². The van der Waals surface area contributed by atoms with Crippen molar-refractivity contribution in [2.24, 2.45) is 5.73 Å². The number of esters is 1. The van der Waals surface area contributed by atoms with Crippen LogP contribution in [0.1, 0.15) is 174 Å². The van der Waals surface area contributed by atoms with E-state index in [1.54, 1.807) is 0 Å². The summed E-state index contributed by atoms with van der Waals surface area (Å²) in [4.78, 5) is 33.2. The highest BCUT2D eigenvalue weighted by Gasteiger charge is 2.27. The second-order valence-corrected chi connectivity index (χ2v) is 14.5. The van der Waals surface area contributed by atoms with Crippen LogP contribution in [-0.2, 0) is 32.7 Å². The fourth-order valence-corrected chi connectivity index (χ4v) is 6.02. The summed E-state index contributed by atoms with van der Waals surface area (Å²) >= 11 is 0. The number of hydrogen-bond donors (Lipinski definition) is 3. The Bertz CT molecular complexity index is 827. The summed E-state index contributed by atoms with van der Waals surface area (Å²) in [5.41, 5.74) is 5.32. The first-order valence-corrected chi connectivity index (χ1v) is 20.7. The molecule has 3 atom stereocenters. The summed E-state index contributed by atoms with van der Waals surface area (Å²) in [7, 11) is -4.60. The molecule has 0 aromatic rings. The van der Waals surface area contributed by atoms with Gasteiger partial charge in [-0.3, -0.25) is 18.6 Å². The fraction of sp³-hybridized carbons (Fsp3) is 0.892. The Labute approximate surface area is 292 Å². The largest absolute Gasteiger partial charge is 0.480 e. The molecule has 48 heavy (non-hydrogen) atoms. The van der Waals surface area contributed by atoms with E-state index < -0.39 is 45.1 Å². The zero-order valence-corrected chi connectivity index (χ0v) is 31.5. The van der Waals surface area contributed by atoms with Crippen molar-refractivity contribution in [2.45, 2.75) is 187 Å². The Morgan fingerprint density at radius 1 is 0.646 bits per heavy atom. The molecule has 0 bridgehead atoms. The topological polar surface area (TPSA) is 155 Å². The van der Waals surface area contributed by atoms with Gasteiger partial charge in [-0.25, -0.2) is 4.57 Å². The minimum atomic E-state index is -4.60. The maximum Gasteiger partial charge on any atom is 0.472 e. The zero-order chi connectivity index (χ0) is 35.6. The minimum Gasteiger partial charge on any atom is -0.480 e. The summed E-state index contributed by atoms with van der Waals surface area (Å²) in [6.45, 7) is 3.82. The van der Waals surface area contributed by atoms with Crippen LogP contribution in [0.25, 0.3) is 0 Å². The molecule has 0 aromatic heterocycles. The van der Waals surface area contributed by atoms with E-state index in [0.717, 1.165) is 38.5 Å². The highest BCUT2D eigenvalue weighted by Crippen LogP contribution is 2.43. The third kappa shape index (κ3) is 33.2. The third-order valence-electron chi connectivity index (χ3n) is 8.29. The molecule has 10 nitrogen and oxygen atoms in total. The number of nitrogens with two attached hydrogens (primary N) is 1. The van der Waals surface area contributed by atoms with Gasteiger partial charge in [0.2, 0.25) is 0 Å². The maximum atomic E-state index is 12.4. The molecule has 0 aliphatic rings. The van der Waals surface area contributed by atoms with Gasteiger partial charge in [0, 0.05) is 13.0 Å². The molecule has 0 saturated heterocycles. The van der Waals surface area contributed by atoms with Crippen LogP contribution in [0.2, 0.25) is 0 Å². The average Bonchev–Trinajstić information content (AvgIpc) is 3.06. The van der Waals surface area contributed by atoms with Gasteiger partial charge in [-0.1, -0.05) is 142 Å². The molecule has 0 fully saturated rings. The molecule has 0 spiro atoms. The van der Waals surface area contributed by atoms with Crippen LogP contribution in [0.4, 0.5) is 0 Å². The summed E-state index contributed by atoms with van der Waals surface area (Å²) in [5.74, 6) is -1.78. The molecule has 11 heteroatoms. The number of carboxylic acid groups (broad SMARTS) is 1. The second-order valence-electron chi connectivity index (χ2n) is 13.1. The van der Waals surface area contributed by atoms with E-state index in [2.05, 4.69) is 30.5 Å². The number of carbonyl (C=O) groups is 2. The van der Waals surface area contributed by atoms with Gasteiger partial charge >= 0.3 is 19.8 Å². The van der Waals surface area contributed by atoms with E-state index in [-0.39, 0.29) is 13.0 Å². The SMILES string of the molecule is CCCCCCCCC/C=C\CCCCCCCCCCOCC(COP(=O)(O)OCC(N)C(=O)O)OC(=O)CCCCCCCCC. The van der Waals surface area contributed by atoms with Crippen molar-refractivity contribution in [3.05, 3.63) is 12.2 Å². The molecule has 0 heterocycles. The van der Waals surface area contributed by atoms with Crippen molar-refractivity contribution in [3.8, 4) is 0 Å². The van der Waals surface area contributed by atoms with Gasteiger partial charge in [-0.05, 0) is 38.5 Å². The van der Waals surface area contributed by atoms with Crippen molar-refractivity contribution < 1.29 is 42.7 Å². The van der Waals surface area contributed by atoms with E-state index in [0.29, 0.717) is 13.0 Å². The van der Waals surface area contributed by atoms with Crippen LogP contribution in [0, 0.1) is 0 Å². The van der Waals surface area contributed by atoms with Crippen LogP contribution in [-0.4, -0.2) is 60.5 Å². The predicted molar refractivity (Wildman–Crippen MR) is 194 cm³/mol. The number of carbonyl (C=O) groups excluding carboxylic acids is 1. The molecule has 0 radical (unpaired) electrons. The molecule has 0 rings (SSSR count). The van der Waals surface area contributed by atoms with Crippen LogP contribution in [0.15, 0.2) is 12.2 Å². The van der Waals surface area contributed by atoms with E-state index in [9.17, 15) is 19.0 Å². The number of allylic oxidation sites excluding steroid dienone is 2. The van der Waals surface area contributed by atoms with E-state index >= 15 is 0 Å². The number of carboxylic acids is 1. The number of hydrogen-bond acceptors (Lipinski definition) is 8. The first-order chi connectivity index (χ1) is 23.2. The number of aliphatic carboxylic acids is 1. The van der Waals surface area contributed by atoms with Gasteiger partial charge in [-0.2, -0.15) is 0 Å². The Balaban J connectivity index is 4.13. The summed E-state index contributed by atoms with van der Waals surface area (Å²) in [5, 5.41) is 8.84. The highest BCUT2D eigenvalue weighted by molar-refractivity contribution is 7.47. The highest BCUT2D eigenvalue weighted by atomic mass is 31.2. The van der Waals surface area contributed by atoms with Gasteiger partial charge in [0.25, 0.3) is 0 Å². The lowest BCUT2D eigenvalue weighted by Gasteiger charge is -2.20. The molecule has 3 unspecified atom stereocenters. The minimum absolute atomic E-state index is 0.0187. The average molecular weight is 706 g/mol. The molecule has 0 aromatic carbocycles. The standard InChI is InChI=1S/C37H72NO9P/c1-3-5-7-9-11-12-13-14-15-16-17-18-19-20-21-22-24-26-28-30-44-31-34(32-45-48(42,43)46-33-35(38)37(40)41)47-36(39)29-27-25-23-10-8-6-4-2/h15-16,34-35H,3-14,17-33,38H2,1-2H3,(H,40,41)(H,42,43)/b16-15-. The third-order valence-corrected chi connectivity index (χ3v) is 9.25. The van der Waals surface area contributed by atoms with Crippen LogP contribution in [0.5, 0.6) is 0 Å². The molecular weight excluding hydrogens is 633 g/mol. The number of phosphoric ester groups is 1. The maximum absolute atomic E-state index is 12.4.